The van der Waals surface area contributed by atoms with Crippen molar-refractivity contribution in [2.75, 3.05) is 19.9 Å². The first kappa shape index (κ1) is 17.8. The number of hydrogen-bond donors (Lipinski definition) is 2. The number of methoxy groups -OCH3 is 1. The van der Waals surface area contributed by atoms with E-state index in [0.29, 0.717) is 15.8 Å². The van der Waals surface area contributed by atoms with Gasteiger partial charge in [0.2, 0.25) is 0 Å². The molecule has 1 atom stereocenters. The van der Waals surface area contributed by atoms with Gasteiger partial charge >= 0.3 is 0 Å². The van der Waals surface area contributed by atoms with Crippen LogP contribution < -0.4 is 10.1 Å². The Morgan fingerprint density at radius 3 is 2.61 bits per heavy atom. The minimum atomic E-state index is -0.751. The summed E-state index contributed by atoms with van der Waals surface area (Å²) >= 11 is 4.99. The molecule has 0 spiro atoms. The summed E-state index contributed by atoms with van der Waals surface area (Å²) in [7, 11) is 1.55. The van der Waals surface area contributed by atoms with Crippen molar-refractivity contribution in [2.45, 2.75) is 11.0 Å². The van der Waals surface area contributed by atoms with Gasteiger partial charge in [-0.05, 0) is 58.1 Å². The van der Waals surface area contributed by atoms with Crippen LogP contribution in [-0.4, -0.2) is 30.9 Å². The maximum Gasteiger partial charge on any atom is 0.252 e. The lowest BCUT2D eigenvalue weighted by Gasteiger charge is -2.13. The predicted molar refractivity (Wildman–Crippen MR) is 96.2 cm³/mol. The van der Waals surface area contributed by atoms with Crippen LogP contribution in [0.15, 0.2) is 51.8 Å². The molecule has 2 aromatic carbocycles. The van der Waals surface area contributed by atoms with Gasteiger partial charge in [0.25, 0.3) is 5.91 Å². The first-order valence-electron chi connectivity index (χ1n) is 6.99. The molecule has 0 fully saturated rings. The number of rotatable bonds is 6. The molecule has 2 N–H and O–H groups in total. The zero-order valence-electron chi connectivity index (χ0n) is 12.9. The smallest absolute Gasteiger partial charge is 0.252 e. The topological polar surface area (TPSA) is 58.6 Å². The van der Waals surface area contributed by atoms with Gasteiger partial charge in [-0.1, -0.05) is 12.1 Å². The lowest BCUT2D eigenvalue weighted by molar-refractivity contribution is 0.0915. The van der Waals surface area contributed by atoms with Crippen LogP contribution in [0.1, 0.15) is 22.0 Å². The molecule has 0 saturated heterocycles. The normalized spacial score (nSPS) is 11.8. The second-order valence-electron chi connectivity index (χ2n) is 4.84. The Kier molecular flexibility index (Phi) is 6.50. The SMILES string of the molecule is COc1ccc(Br)c(C(=O)NCC(O)c2ccc(SC)cc2)c1. The van der Waals surface area contributed by atoms with E-state index < -0.39 is 6.10 Å². The number of ether oxygens (including phenoxy) is 1. The number of benzene rings is 2. The van der Waals surface area contributed by atoms with Crippen LogP contribution in [0.4, 0.5) is 0 Å². The van der Waals surface area contributed by atoms with Crippen molar-refractivity contribution in [3.8, 4) is 5.75 Å². The van der Waals surface area contributed by atoms with Gasteiger partial charge in [-0.15, -0.1) is 11.8 Å². The fraction of sp³-hybridized carbons (Fsp3) is 0.235. The number of carbonyl (C=O) groups excluding carboxylic acids is 1. The van der Waals surface area contributed by atoms with Crippen LogP contribution in [0.2, 0.25) is 0 Å². The Morgan fingerprint density at radius 2 is 2.00 bits per heavy atom. The number of hydrogen-bond acceptors (Lipinski definition) is 4. The first-order chi connectivity index (χ1) is 11.0. The van der Waals surface area contributed by atoms with Crippen LogP contribution >= 0.6 is 27.7 Å². The van der Waals surface area contributed by atoms with E-state index in [0.717, 1.165) is 10.5 Å². The highest BCUT2D eigenvalue weighted by Crippen LogP contribution is 2.23. The van der Waals surface area contributed by atoms with E-state index in [1.165, 1.54) is 0 Å². The van der Waals surface area contributed by atoms with Gasteiger partial charge in [0.15, 0.2) is 0 Å². The number of carbonyl (C=O) groups is 1. The Labute approximate surface area is 148 Å². The monoisotopic (exact) mass is 395 g/mol. The predicted octanol–water partition coefficient (Wildman–Crippen LogP) is 3.64. The Balaban J connectivity index is 2.00. The molecule has 0 bridgehead atoms. The van der Waals surface area contributed by atoms with Gasteiger partial charge in [-0.25, -0.2) is 0 Å². The molecule has 0 radical (unpaired) electrons. The lowest BCUT2D eigenvalue weighted by Crippen LogP contribution is -2.28. The highest BCUT2D eigenvalue weighted by Gasteiger charge is 2.14. The molecule has 0 heterocycles. The van der Waals surface area contributed by atoms with Crippen molar-refractivity contribution in [3.05, 3.63) is 58.1 Å². The van der Waals surface area contributed by atoms with E-state index >= 15 is 0 Å². The molecule has 0 aromatic heterocycles. The number of thioether (sulfide) groups is 1. The molecule has 0 saturated carbocycles. The van der Waals surface area contributed by atoms with E-state index in [4.69, 9.17) is 4.74 Å². The van der Waals surface area contributed by atoms with E-state index in [1.807, 2.05) is 30.5 Å². The fourth-order valence-electron chi connectivity index (χ4n) is 2.03. The molecule has 4 nitrogen and oxygen atoms in total. The summed E-state index contributed by atoms with van der Waals surface area (Å²) in [6, 6.07) is 12.8. The van der Waals surface area contributed by atoms with Gasteiger partial charge in [0, 0.05) is 15.9 Å². The molecule has 0 aliphatic carbocycles. The Morgan fingerprint density at radius 1 is 1.30 bits per heavy atom. The second-order valence-corrected chi connectivity index (χ2v) is 6.58. The van der Waals surface area contributed by atoms with Crippen LogP contribution in [0.5, 0.6) is 5.75 Å². The minimum Gasteiger partial charge on any atom is -0.497 e. The Bertz CT molecular complexity index is 676. The summed E-state index contributed by atoms with van der Waals surface area (Å²) in [6.45, 7) is 0.140. The van der Waals surface area contributed by atoms with Crippen molar-refractivity contribution >= 4 is 33.6 Å². The molecule has 2 aromatic rings. The van der Waals surface area contributed by atoms with Crippen LogP contribution in [-0.2, 0) is 0 Å². The zero-order valence-corrected chi connectivity index (χ0v) is 15.3. The summed E-state index contributed by atoms with van der Waals surface area (Å²) < 4.78 is 5.80. The molecule has 2 rings (SSSR count). The summed E-state index contributed by atoms with van der Waals surface area (Å²) in [6.07, 6.45) is 1.25. The first-order valence-corrected chi connectivity index (χ1v) is 9.00. The minimum absolute atomic E-state index is 0.140. The average Bonchev–Trinajstić information content (AvgIpc) is 2.59. The molecule has 0 aliphatic rings. The number of aliphatic hydroxyl groups is 1. The number of halogens is 1. The molecule has 0 aliphatic heterocycles. The van der Waals surface area contributed by atoms with Crippen LogP contribution in [0.3, 0.4) is 0 Å². The summed E-state index contributed by atoms with van der Waals surface area (Å²) in [5.41, 5.74) is 1.24. The van der Waals surface area contributed by atoms with Gasteiger partial charge in [0.1, 0.15) is 5.75 Å². The molecule has 6 heteroatoms. The van der Waals surface area contributed by atoms with Crippen LogP contribution in [0.25, 0.3) is 0 Å². The van der Waals surface area contributed by atoms with E-state index in [1.54, 1.807) is 37.1 Å². The molecule has 1 unspecified atom stereocenters. The standard InChI is InChI=1S/C17H18BrNO3S/c1-22-12-5-8-15(18)14(9-12)17(21)19-10-16(20)11-3-6-13(23-2)7-4-11/h3-9,16,20H,10H2,1-2H3,(H,19,21). The van der Waals surface area contributed by atoms with Crippen molar-refractivity contribution in [3.63, 3.8) is 0 Å². The Hall–Kier alpha value is -1.50. The second kappa shape index (κ2) is 8.38. The van der Waals surface area contributed by atoms with Gasteiger partial charge < -0.3 is 15.2 Å². The highest BCUT2D eigenvalue weighted by molar-refractivity contribution is 9.10. The van der Waals surface area contributed by atoms with Gasteiger partial charge in [-0.2, -0.15) is 0 Å². The van der Waals surface area contributed by atoms with Gasteiger partial charge in [0.05, 0.1) is 18.8 Å². The highest BCUT2D eigenvalue weighted by atomic mass is 79.9. The third kappa shape index (κ3) is 4.73. The number of nitrogens with one attached hydrogen (secondary N) is 1. The molecule has 122 valence electrons. The van der Waals surface area contributed by atoms with Crippen LogP contribution in [0, 0.1) is 0 Å². The van der Waals surface area contributed by atoms with Crippen molar-refractivity contribution in [1.82, 2.24) is 5.32 Å². The van der Waals surface area contributed by atoms with E-state index in [2.05, 4.69) is 21.2 Å². The van der Waals surface area contributed by atoms with Crippen molar-refractivity contribution in [2.24, 2.45) is 0 Å². The summed E-state index contributed by atoms with van der Waals surface area (Å²) in [4.78, 5) is 13.4. The third-order valence-corrected chi connectivity index (χ3v) is 4.81. The zero-order chi connectivity index (χ0) is 16.8. The molecular formula is C17H18BrNO3S. The molecular weight excluding hydrogens is 378 g/mol. The number of aliphatic hydroxyl groups excluding tert-OH is 1. The van der Waals surface area contributed by atoms with E-state index in [9.17, 15) is 9.90 Å². The third-order valence-electron chi connectivity index (χ3n) is 3.37. The quantitative estimate of drug-likeness (QED) is 0.732. The maximum atomic E-state index is 12.3. The van der Waals surface area contributed by atoms with Crippen molar-refractivity contribution < 1.29 is 14.6 Å². The average molecular weight is 396 g/mol. The number of amides is 1. The fourth-order valence-corrected chi connectivity index (χ4v) is 2.87. The summed E-state index contributed by atoms with van der Waals surface area (Å²) in [5.74, 6) is 0.335. The van der Waals surface area contributed by atoms with E-state index in [-0.39, 0.29) is 12.5 Å². The van der Waals surface area contributed by atoms with Crippen molar-refractivity contribution in [1.29, 1.82) is 0 Å². The maximum absolute atomic E-state index is 12.3. The largest absolute Gasteiger partial charge is 0.497 e. The lowest BCUT2D eigenvalue weighted by atomic mass is 10.1. The van der Waals surface area contributed by atoms with Gasteiger partial charge in [-0.3, -0.25) is 4.79 Å². The molecule has 1 amide bonds. The molecule has 23 heavy (non-hydrogen) atoms. The summed E-state index contributed by atoms with van der Waals surface area (Å²) in [5, 5.41) is 12.9.